The third kappa shape index (κ3) is 1.53. The summed E-state index contributed by atoms with van der Waals surface area (Å²) >= 11 is 3.95. The van der Waals surface area contributed by atoms with Gasteiger partial charge in [0.25, 0.3) is 5.56 Å². The van der Waals surface area contributed by atoms with E-state index in [-0.39, 0.29) is 5.56 Å². The summed E-state index contributed by atoms with van der Waals surface area (Å²) in [5, 5.41) is 0. The van der Waals surface area contributed by atoms with Crippen molar-refractivity contribution < 1.29 is 0 Å². The molecule has 1 aromatic heterocycles. The van der Waals surface area contributed by atoms with Gasteiger partial charge in [0.05, 0.1) is 11.4 Å². The molecule has 0 atom stereocenters. The number of nitrogens with one attached hydrogen (secondary N) is 1. The molecule has 0 fully saturated rings. The maximum Gasteiger partial charge on any atom is 0.295 e. The van der Waals surface area contributed by atoms with Crippen LogP contribution in [-0.2, 0) is 7.05 Å². The van der Waals surface area contributed by atoms with Crippen molar-refractivity contribution >= 4 is 18.5 Å². The molecule has 0 radical (unpaired) electrons. The molecule has 1 aromatic carbocycles. The Bertz CT molecular complexity index is 557. The van der Waals surface area contributed by atoms with Gasteiger partial charge in [0, 0.05) is 7.05 Å². The van der Waals surface area contributed by atoms with Gasteiger partial charge in [0.15, 0.2) is 0 Å². The predicted molar refractivity (Wildman–Crippen MR) is 68.4 cm³/mol. The van der Waals surface area contributed by atoms with Gasteiger partial charge in [-0.25, -0.2) is 4.68 Å². The topological polar surface area (TPSA) is 39.0 Å². The van der Waals surface area contributed by atoms with Crippen molar-refractivity contribution in [3.63, 3.8) is 0 Å². The van der Waals surface area contributed by atoms with Crippen molar-refractivity contribution in [1.82, 2.24) is 9.36 Å². The summed E-state index contributed by atoms with van der Waals surface area (Å²) in [7, 11) is 1.85. The van der Waals surface area contributed by atoms with Gasteiger partial charge < -0.3 is 4.72 Å². The van der Waals surface area contributed by atoms with Crippen LogP contribution in [0.1, 0.15) is 5.69 Å². The largest absolute Gasteiger partial charge is 0.326 e. The first-order valence-electron chi connectivity index (χ1n) is 4.91. The summed E-state index contributed by atoms with van der Waals surface area (Å²) in [4.78, 5) is 12.1. The third-order valence-corrected chi connectivity index (χ3v) is 2.89. The van der Waals surface area contributed by atoms with E-state index in [1.165, 1.54) is 0 Å². The van der Waals surface area contributed by atoms with Gasteiger partial charge in [-0.1, -0.05) is 31.0 Å². The second kappa shape index (κ2) is 4.09. The fraction of sp³-hybridized carbons (Fsp3) is 0.182. The van der Waals surface area contributed by atoms with E-state index in [1.807, 2.05) is 44.3 Å². The zero-order chi connectivity index (χ0) is 11.7. The molecule has 0 bridgehead atoms. The Kier molecular flexibility index (Phi) is 2.78. The first-order valence-corrected chi connectivity index (χ1v) is 5.35. The highest BCUT2D eigenvalue weighted by molar-refractivity contribution is 7.81. The van der Waals surface area contributed by atoms with Crippen LogP contribution in [0.5, 0.6) is 0 Å². The molecule has 2 aromatic rings. The first kappa shape index (κ1) is 10.9. The van der Waals surface area contributed by atoms with Gasteiger partial charge in [0.2, 0.25) is 0 Å². The lowest BCUT2D eigenvalue weighted by Gasteiger charge is -2.07. The standard InChI is InChI=1S/C11H13N3OS/c1-8-10(12-16)11(15)14(13(8)2)9-6-4-3-5-7-9/h3-7,12,16H,1-2H3. The Balaban J connectivity index is 2.72. The summed E-state index contributed by atoms with van der Waals surface area (Å²) in [5.41, 5.74) is 2.10. The lowest BCUT2D eigenvalue weighted by atomic mass is 10.3. The maximum absolute atomic E-state index is 12.1. The van der Waals surface area contributed by atoms with Crippen LogP contribution in [0.2, 0.25) is 0 Å². The van der Waals surface area contributed by atoms with Crippen molar-refractivity contribution in [2.45, 2.75) is 6.92 Å². The fourth-order valence-corrected chi connectivity index (χ4v) is 1.95. The average Bonchev–Trinajstić information content (AvgIpc) is 2.51. The molecule has 0 unspecified atom stereocenters. The normalized spacial score (nSPS) is 10.4. The number of anilines is 1. The van der Waals surface area contributed by atoms with Gasteiger partial charge in [-0.3, -0.25) is 9.48 Å². The van der Waals surface area contributed by atoms with Crippen LogP contribution in [0.25, 0.3) is 5.69 Å². The number of rotatable bonds is 2. The van der Waals surface area contributed by atoms with Crippen LogP contribution >= 0.6 is 12.8 Å². The van der Waals surface area contributed by atoms with Gasteiger partial charge in [-0.2, -0.15) is 0 Å². The zero-order valence-electron chi connectivity index (χ0n) is 9.14. The predicted octanol–water partition coefficient (Wildman–Crippen LogP) is 1.74. The Morgan fingerprint density at radius 3 is 2.38 bits per heavy atom. The minimum Gasteiger partial charge on any atom is -0.326 e. The fourth-order valence-electron chi connectivity index (χ4n) is 1.70. The van der Waals surface area contributed by atoms with Crippen LogP contribution in [-0.4, -0.2) is 9.36 Å². The van der Waals surface area contributed by atoms with E-state index in [0.717, 1.165) is 11.4 Å². The van der Waals surface area contributed by atoms with E-state index in [9.17, 15) is 4.79 Å². The highest BCUT2D eigenvalue weighted by Gasteiger charge is 2.14. The van der Waals surface area contributed by atoms with Crippen LogP contribution in [0.3, 0.4) is 0 Å². The van der Waals surface area contributed by atoms with E-state index in [0.29, 0.717) is 5.69 Å². The molecule has 4 nitrogen and oxygen atoms in total. The monoisotopic (exact) mass is 235 g/mol. The van der Waals surface area contributed by atoms with Crippen LogP contribution in [0.4, 0.5) is 5.69 Å². The maximum atomic E-state index is 12.1. The molecule has 84 valence electrons. The Labute approximate surface area is 99.0 Å². The second-order valence-corrected chi connectivity index (χ2v) is 3.77. The second-order valence-electron chi connectivity index (χ2n) is 3.55. The van der Waals surface area contributed by atoms with Crippen molar-refractivity contribution in [3.05, 3.63) is 46.4 Å². The minimum atomic E-state index is -0.0961. The lowest BCUT2D eigenvalue weighted by molar-refractivity contribution is 0.630. The Hall–Kier alpha value is -1.62. The minimum absolute atomic E-state index is 0.0961. The summed E-state index contributed by atoms with van der Waals surface area (Å²) in [6, 6.07) is 9.50. The van der Waals surface area contributed by atoms with Crippen molar-refractivity contribution in [2.75, 3.05) is 4.72 Å². The number of nitrogens with zero attached hydrogens (tertiary/aromatic N) is 2. The first-order chi connectivity index (χ1) is 7.66. The number of para-hydroxylation sites is 1. The number of hydrogen-bond donors (Lipinski definition) is 2. The van der Waals surface area contributed by atoms with Crippen molar-refractivity contribution in [3.8, 4) is 5.69 Å². The van der Waals surface area contributed by atoms with Crippen molar-refractivity contribution in [2.24, 2.45) is 7.05 Å². The Morgan fingerprint density at radius 2 is 1.88 bits per heavy atom. The molecule has 0 amide bonds. The van der Waals surface area contributed by atoms with Crippen LogP contribution in [0.15, 0.2) is 35.1 Å². The smallest absolute Gasteiger partial charge is 0.295 e. The van der Waals surface area contributed by atoms with E-state index in [1.54, 1.807) is 9.36 Å². The SMILES string of the molecule is Cc1c(NS)c(=O)n(-c2ccccc2)n1C. The highest BCUT2D eigenvalue weighted by Crippen LogP contribution is 2.13. The van der Waals surface area contributed by atoms with E-state index < -0.39 is 0 Å². The molecule has 0 spiro atoms. The molecular weight excluding hydrogens is 222 g/mol. The molecule has 0 aliphatic rings. The quantitative estimate of drug-likeness (QED) is 0.778. The number of aromatic nitrogens is 2. The van der Waals surface area contributed by atoms with Gasteiger partial charge >= 0.3 is 0 Å². The molecular formula is C11H13N3OS. The molecule has 1 heterocycles. The molecule has 2 rings (SSSR count). The van der Waals surface area contributed by atoms with E-state index >= 15 is 0 Å². The molecule has 16 heavy (non-hydrogen) atoms. The number of benzene rings is 1. The summed E-state index contributed by atoms with van der Waals surface area (Å²) in [6.07, 6.45) is 0. The average molecular weight is 235 g/mol. The molecule has 0 saturated heterocycles. The zero-order valence-corrected chi connectivity index (χ0v) is 10.0. The van der Waals surface area contributed by atoms with Gasteiger partial charge in [0.1, 0.15) is 5.69 Å². The number of hydrogen-bond acceptors (Lipinski definition) is 3. The molecule has 0 saturated carbocycles. The Morgan fingerprint density at radius 1 is 1.25 bits per heavy atom. The van der Waals surface area contributed by atoms with Crippen LogP contribution in [0, 0.1) is 6.92 Å². The molecule has 0 aliphatic heterocycles. The van der Waals surface area contributed by atoms with E-state index in [4.69, 9.17) is 0 Å². The summed E-state index contributed by atoms with van der Waals surface area (Å²) < 4.78 is 6.04. The molecule has 5 heteroatoms. The van der Waals surface area contributed by atoms with Gasteiger partial charge in [-0.15, -0.1) is 0 Å². The number of thiol groups is 1. The van der Waals surface area contributed by atoms with Crippen molar-refractivity contribution in [1.29, 1.82) is 0 Å². The van der Waals surface area contributed by atoms with Crippen LogP contribution < -0.4 is 10.3 Å². The summed E-state index contributed by atoms with van der Waals surface area (Å²) in [5.74, 6) is 0. The lowest BCUT2D eigenvalue weighted by Crippen LogP contribution is -2.20. The third-order valence-electron chi connectivity index (χ3n) is 2.67. The highest BCUT2D eigenvalue weighted by atomic mass is 32.1. The summed E-state index contributed by atoms with van der Waals surface area (Å²) in [6.45, 7) is 1.87. The molecule has 0 aliphatic carbocycles. The van der Waals surface area contributed by atoms with E-state index in [2.05, 4.69) is 17.5 Å². The van der Waals surface area contributed by atoms with Gasteiger partial charge in [-0.05, 0) is 19.1 Å². The molecule has 1 N–H and O–H groups in total.